The van der Waals surface area contributed by atoms with E-state index in [0.29, 0.717) is 24.5 Å². The number of nitro benzene ring substituents is 1. The molecule has 0 fully saturated rings. The van der Waals surface area contributed by atoms with Gasteiger partial charge in [-0.2, -0.15) is 0 Å². The van der Waals surface area contributed by atoms with Crippen molar-refractivity contribution in [2.75, 3.05) is 23.4 Å². The van der Waals surface area contributed by atoms with Crippen LogP contribution in [0.1, 0.15) is 20.8 Å². The van der Waals surface area contributed by atoms with Gasteiger partial charge in [-0.3, -0.25) is 16.0 Å². The molecule has 0 aromatic heterocycles. The molecule has 0 aliphatic heterocycles. The highest BCUT2D eigenvalue weighted by molar-refractivity contribution is 5.64. The zero-order valence-corrected chi connectivity index (χ0v) is 11.4. The SMILES string of the molecule is CCN(CC(C)(C)O)c1cc(NN)cc([N+](=O)[O-])c1. The number of nitro groups is 1. The van der Waals surface area contributed by atoms with Crippen LogP contribution in [0.5, 0.6) is 0 Å². The number of non-ortho nitro benzene ring substituents is 1. The standard InChI is InChI=1S/C12H20N4O3/c1-4-15(8-12(2,3)17)10-5-9(14-13)6-11(7-10)16(18)19/h5-7,14,17H,4,8,13H2,1-3H3. The fourth-order valence-electron chi connectivity index (χ4n) is 1.82. The molecular formula is C12H20N4O3. The Morgan fingerprint density at radius 2 is 2.11 bits per heavy atom. The molecule has 1 rings (SSSR count). The van der Waals surface area contributed by atoms with Gasteiger partial charge in [0, 0.05) is 30.9 Å². The molecule has 0 heterocycles. The van der Waals surface area contributed by atoms with Gasteiger partial charge in [-0.15, -0.1) is 0 Å². The van der Waals surface area contributed by atoms with Crippen LogP contribution in [-0.2, 0) is 0 Å². The third-order valence-corrected chi connectivity index (χ3v) is 2.60. The van der Waals surface area contributed by atoms with Crippen molar-refractivity contribution in [2.24, 2.45) is 5.84 Å². The third kappa shape index (κ3) is 4.38. The highest BCUT2D eigenvalue weighted by Gasteiger charge is 2.20. The number of hydrogen-bond acceptors (Lipinski definition) is 6. The number of hydrogen-bond donors (Lipinski definition) is 3. The average Bonchev–Trinajstić information content (AvgIpc) is 2.34. The van der Waals surface area contributed by atoms with Gasteiger partial charge in [-0.1, -0.05) is 0 Å². The number of likely N-dealkylation sites (N-methyl/N-ethyl adjacent to an activating group) is 1. The summed E-state index contributed by atoms with van der Waals surface area (Å²) in [5.74, 6) is 5.32. The number of benzene rings is 1. The van der Waals surface area contributed by atoms with Crippen LogP contribution in [0.25, 0.3) is 0 Å². The zero-order chi connectivity index (χ0) is 14.6. The van der Waals surface area contributed by atoms with Crippen molar-refractivity contribution in [3.05, 3.63) is 28.3 Å². The Kier molecular flexibility index (Phi) is 4.68. The van der Waals surface area contributed by atoms with Crippen LogP contribution < -0.4 is 16.2 Å². The van der Waals surface area contributed by atoms with Crippen molar-refractivity contribution in [3.8, 4) is 0 Å². The first-order valence-corrected chi connectivity index (χ1v) is 6.00. The van der Waals surface area contributed by atoms with Crippen LogP contribution in [0.3, 0.4) is 0 Å². The summed E-state index contributed by atoms with van der Waals surface area (Å²) in [6, 6.07) is 4.54. The lowest BCUT2D eigenvalue weighted by molar-refractivity contribution is -0.384. The molecule has 0 aliphatic rings. The first-order chi connectivity index (χ1) is 8.76. The fourth-order valence-corrected chi connectivity index (χ4v) is 1.82. The minimum Gasteiger partial charge on any atom is -0.389 e. The highest BCUT2D eigenvalue weighted by atomic mass is 16.6. The summed E-state index contributed by atoms with van der Waals surface area (Å²) in [6.07, 6.45) is 0. The Balaban J connectivity index is 3.15. The van der Waals surface area contributed by atoms with Gasteiger partial charge in [-0.25, -0.2) is 0 Å². The van der Waals surface area contributed by atoms with E-state index < -0.39 is 10.5 Å². The lowest BCUT2D eigenvalue weighted by Crippen LogP contribution is -2.38. The van der Waals surface area contributed by atoms with Gasteiger partial charge in [0.25, 0.3) is 5.69 Å². The Bertz CT molecular complexity index is 457. The molecule has 0 unspecified atom stereocenters. The minimum atomic E-state index is -0.892. The summed E-state index contributed by atoms with van der Waals surface area (Å²) in [7, 11) is 0. The van der Waals surface area contributed by atoms with Gasteiger partial charge in [0.2, 0.25) is 0 Å². The number of anilines is 2. The molecule has 0 aliphatic carbocycles. The largest absolute Gasteiger partial charge is 0.389 e. The summed E-state index contributed by atoms with van der Waals surface area (Å²) >= 11 is 0. The van der Waals surface area contributed by atoms with Crippen LogP contribution in [0.2, 0.25) is 0 Å². The Morgan fingerprint density at radius 3 is 2.53 bits per heavy atom. The molecule has 7 nitrogen and oxygen atoms in total. The van der Waals surface area contributed by atoms with Crippen LogP contribution in [0, 0.1) is 10.1 Å². The highest BCUT2D eigenvalue weighted by Crippen LogP contribution is 2.27. The van der Waals surface area contributed by atoms with Crippen LogP contribution in [-0.4, -0.2) is 28.7 Å². The number of nitrogens with two attached hydrogens (primary N) is 1. The Morgan fingerprint density at radius 1 is 1.47 bits per heavy atom. The van der Waals surface area contributed by atoms with Crippen LogP contribution >= 0.6 is 0 Å². The summed E-state index contributed by atoms with van der Waals surface area (Å²) in [5, 5.41) is 20.8. The number of rotatable bonds is 6. The summed E-state index contributed by atoms with van der Waals surface area (Å²) in [5.41, 5.74) is 2.58. The van der Waals surface area contributed by atoms with Crippen LogP contribution in [0.4, 0.5) is 17.1 Å². The smallest absolute Gasteiger partial charge is 0.273 e. The second-order valence-corrected chi connectivity index (χ2v) is 4.97. The normalized spacial score (nSPS) is 11.2. The van der Waals surface area contributed by atoms with E-state index in [9.17, 15) is 15.2 Å². The number of hydrazine groups is 1. The molecule has 0 amide bonds. The van der Waals surface area contributed by atoms with Gasteiger partial charge < -0.3 is 15.4 Å². The van der Waals surface area contributed by atoms with Gasteiger partial charge in [0.05, 0.1) is 16.2 Å². The number of nitrogen functional groups attached to an aromatic ring is 1. The lowest BCUT2D eigenvalue weighted by atomic mass is 10.1. The molecular weight excluding hydrogens is 248 g/mol. The maximum absolute atomic E-state index is 10.9. The summed E-state index contributed by atoms with van der Waals surface area (Å²) in [4.78, 5) is 12.3. The first-order valence-electron chi connectivity index (χ1n) is 6.00. The molecule has 4 N–H and O–H groups in total. The molecule has 106 valence electrons. The molecule has 0 saturated carbocycles. The molecule has 0 radical (unpaired) electrons. The van der Waals surface area contributed by atoms with Crippen molar-refractivity contribution in [2.45, 2.75) is 26.4 Å². The number of nitrogens with zero attached hydrogens (tertiary/aromatic N) is 2. The Hall–Kier alpha value is -1.86. The van der Waals surface area contributed by atoms with E-state index in [1.807, 2.05) is 11.8 Å². The van der Waals surface area contributed by atoms with E-state index >= 15 is 0 Å². The van der Waals surface area contributed by atoms with E-state index in [1.54, 1.807) is 19.9 Å². The van der Waals surface area contributed by atoms with Gasteiger partial charge in [0.15, 0.2) is 0 Å². The second-order valence-electron chi connectivity index (χ2n) is 4.97. The molecule has 19 heavy (non-hydrogen) atoms. The van der Waals surface area contributed by atoms with Crippen molar-refractivity contribution >= 4 is 17.1 Å². The van der Waals surface area contributed by atoms with Crippen molar-refractivity contribution in [1.82, 2.24) is 0 Å². The minimum absolute atomic E-state index is 0.0420. The average molecular weight is 268 g/mol. The van der Waals surface area contributed by atoms with E-state index in [2.05, 4.69) is 5.43 Å². The molecule has 0 bridgehead atoms. The van der Waals surface area contributed by atoms with Gasteiger partial charge in [-0.05, 0) is 26.8 Å². The van der Waals surface area contributed by atoms with E-state index in [0.717, 1.165) is 0 Å². The monoisotopic (exact) mass is 268 g/mol. The van der Waals surface area contributed by atoms with E-state index in [4.69, 9.17) is 5.84 Å². The maximum atomic E-state index is 10.9. The first kappa shape index (κ1) is 15.2. The predicted molar refractivity (Wildman–Crippen MR) is 75.1 cm³/mol. The third-order valence-electron chi connectivity index (χ3n) is 2.60. The summed E-state index contributed by atoms with van der Waals surface area (Å²) < 4.78 is 0. The van der Waals surface area contributed by atoms with Crippen molar-refractivity contribution in [3.63, 3.8) is 0 Å². The van der Waals surface area contributed by atoms with E-state index in [1.165, 1.54) is 12.1 Å². The van der Waals surface area contributed by atoms with Gasteiger partial charge in [0.1, 0.15) is 0 Å². The van der Waals surface area contributed by atoms with Crippen molar-refractivity contribution in [1.29, 1.82) is 0 Å². The van der Waals surface area contributed by atoms with Gasteiger partial charge >= 0.3 is 0 Å². The molecule has 0 saturated heterocycles. The topological polar surface area (TPSA) is 105 Å². The molecule has 0 atom stereocenters. The van der Waals surface area contributed by atoms with Crippen molar-refractivity contribution < 1.29 is 10.0 Å². The lowest BCUT2D eigenvalue weighted by Gasteiger charge is -2.30. The molecule has 7 heteroatoms. The molecule has 0 spiro atoms. The fraction of sp³-hybridized carbons (Fsp3) is 0.500. The van der Waals surface area contributed by atoms with Crippen LogP contribution in [0.15, 0.2) is 18.2 Å². The molecule has 1 aromatic carbocycles. The predicted octanol–water partition coefficient (Wildman–Crippen LogP) is 1.48. The van der Waals surface area contributed by atoms with E-state index in [-0.39, 0.29) is 5.69 Å². The number of aliphatic hydroxyl groups is 1. The quantitative estimate of drug-likeness (QED) is 0.410. The maximum Gasteiger partial charge on any atom is 0.273 e. The second kappa shape index (κ2) is 5.85. The summed E-state index contributed by atoms with van der Waals surface area (Å²) in [6.45, 7) is 6.29. The molecule has 1 aromatic rings. The number of nitrogens with one attached hydrogen (secondary N) is 1. The zero-order valence-electron chi connectivity index (χ0n) is 11.4. The Labute approximate surface area is 112 Å².